The van der Waals surface area contributed by atoms with Gasteiger partial charge in [-0.15, -0.1) is 0 Å². The highest BCUT2D eigenvalue weighted by atomic mass is 19.1. The second-order valence-electron chi connectivity index (χ2n) is 8.07. The van der Waals surface area contributed by atoms with Crippen LogP contribution in [-0.4, -0.2) is 17.9 Å². The summed E-state index contributed by atoms with van der Waals surface area (Å²) >= 11 is 0. The van der Waals surface area contributed by atoms with Crippen LogP contribution in [0.4, 0.5) is 10.1 Å². The molecule has 1 saturated heterocycles. The first-order chi connectivity index (χ1) is 15.6. The van der Waals surface area contributed by atoms with Crippen molar-refractivity contribution in [2.24, 2.45) is 5.41 Å². The number of fused-ring (bicyclic) bond motifs is 3. The zero-order chi connectivity index (χ0) is 22.3. The molecule has 0 bridgehead atoms. The van der Waals surface area contributed by atoms with E-state index in [0.717, 1.165) is 16.8 Å². The fourth-order valence-corrected chi connectivity index (χ4v) is 5.05. The third-order valence-electron chi connectivity index (χ3n) is 6.47. The lowest BCUT2D eigenvalue weighted by atomic mass is 9.69. The molecule has 0 amide bonds. The maximum absolute atomic E-state index is 13.9. The zero-order valence-electron chi connectivity index (χ0n) is 17.0. The number of anilines is 1. The molecule has 4 nitrogen and oxygen atoms in total. The maximum Gasteiger partial charge on any atom is 0.185 e. The first-order valence-electron chi connectivity index (χ1n) is 10.3. The normalized spacial score (nSPS) is 22.3. The number of nitriles is 2. The minimum atomic E-state index is -1.48. The summed E-state index contributed by atoms with van der Waals surface area (Å²) < 4.78 is 13.5. The molecule has 3 aromatic carbocycles. The molecule has 0 spiro atoms. The Morgan fingerprint density at radius 2 is 1.56 bits per heavy atom. The number of carbonyl (C=O) groups excluding carboxylic acids is 1. The predicted octanol–water partition coefficient (Wildman–Crippen LogP) is 5.11. The minimum Gasteiger partial charge on any atom is -0.351 e. The van der Waals surface area contributed by atoms with Gasteiger partial charge in [0.25, 0.3) is 0 Å². The van der Waals surface area contributed by atoms with Gasteiger partial charge >= 0.3 is 0 Å². The van der Waals surface area contributed by atoms with Crippen molar-refractivity contribution in [1.29, 1.82) is 10.5 Å². The van der Waals surface area contributed by atoms with Gasteiger partial charge in [-0.2, -0.15) is 10.5 Å². The van der Waals surface area contributed by atoms with Crippen LogP contribution in [0.1, 0.15) is 27.4 Å². The second kappa shape index (κ2) is 7.48. The van der Waals surface area contributed by atoms with Gasteiger partial charge in [0.2, 0.25) is 0 Å². The fraction of sp³-hybridized carbons (Fsp3) is 0.148. The highest BCUT2D eigenvalue weighted by molar-refractivity contribution is 6.04. The molecular formula is C27H18FN3O. The highest BCUT2D eigenvalue weighted by Crippen LogP contribution is 2.55. The van der Waals surface area contributed by atoms with E-state index in [0.29, 0.717) is 5.56 Å². The Morgan fingerprint density at radius 3 is 2.25 bits per heavy atom. The summed E-state index contributed by atoms with van der Waals surface area (Å²) in [5.41, 5.74) is 1.32. The van der Waals surface area contributed by atoms with Crippen molar-refractivity contribution in [3.63, 3.8) is 0 Å². The molecule has 3 atom stereocenters. The number of hydrogen-bond donors (Lipinski definition) is 0. The second-order valence-corrected chi connectivity index (χ2v) is 8.07. The van der Waals surface area contributed by atoms with Crippen LogP contribution < -0.4 is 4.90 Å². The lowest BCUT2D eigenvalue weighted by molar-refractivity contribution is 0.0951. The number of Topliss-reactive ketones (excluding diaryl/α,β-unsaturated/α-hetero) is 1. The van der Waals surface area contributed by atoms with Crippen molar-refractivity contribution in [1.82, 2.24) is 0 Å². The Labute approximate surface area is 185 Å². The third-order valence-corrected chi connectivity index (χ3v) is 6.47. The molecule has 2 aliphatic heterocycles. The molecule has 2 heterocycles. The lowest BCUT2D eigenvalue weighted by Gasteiger charge is -2.35. The molecule has 0 aromatic heterocycles. The number of benzene rings is 3. The van der Waals surface area contributed by atoms with Crippen LogP contribution >= 0.6 is 0 Å². The Kier molecular flexibility index (Phi) is 4.61. The van der Waals surface area contributed by atoms with Gasteiger partial charge in [0.1, 0.15) is 11.9 Å². The minimum absolute atomic E-state index is 0.249. The molecular weight excluding hydrogens is 401 g/mol. The monoisotopic (exact) mass is 419 g/mol. The van der Waals surface area contributed by atoms with Gasteiger partial charge in [0.05, 0.1) is 18.2 Å². The molecule has 1 fully saturated rings. The zero-order valence-corrected chi connectivity index (χ0v) is 17.0. The number of nitrogens with zero attached hydrogens (tertiary/aromatic N) is 3. The smallest absolute Gasteiger partial charge is 0.185 e. The highest BCUT2D eigenvalue weighted by Gasteiger charge is 2.63. The van der Waals surface area contributed by atoms with Gasteiger partial charge in [-0.25, -0.2) is 4.39 Å². The molecule has 2 aliphatic rings. The van der Waals surface area contributed by atoms with Crippen LogP contribution in [0.3, 0.4) is 0 Å². The van der Waals surface area contributed by atoms with E-state index in [-0.39, 0.29) is 5.78 Å². The van der Waals surface area contributed by atoms with E-state index in [1.807, 2.05) is 71.6 Å². The van der Waals surface area contributed by atoms with Crippen LogP contribution in [0.5, 0.6) is 0 Å². The SMILES string of the molecule is N#CC1(C#N)[C@H](c2ccccc2)[C@@H](C(=O)c2ccc(F)cc2)N2c3ccccc3C=C[C@@H]21. The van der Waals surface area contributed by atoms with E-state index >= 15 is 0 Å². The molecule has 0 radical (unpaired) electrons. The number of halogens is 1. The molecule has 5 heteroatoms. The van der Waals surface area contributed by atoms with Crippen LogP contribution in [-0.2, 0) is 0 Å². The topological polar surface area (TPSA) is 67.9 Å². The summed E-state index contributed by atoms with van der Waals surface area (Å²) in [7, 11) is 0. The number of carbonyl (C=O) groups is 1. The van der Waals surface area contributed by atoms with Crippen molar-refractivity contribution in [3.8, 4) is 12.1 Å². The summed E-state index contributed by atoms with van der Waals surface area (Å²) in [6, 6.07) is 25.5. The van der Waals surface area contributed by atoms with Gasteiger partial charge in [-0.3, -0.25) is 4.79 Å². The first-order valence-corrected chi connectivity index (χ1v) is 10.3. The molecule has 0 N–H and O–H groups in total. The van der Waals surface area contributed by atoms with Crippen LogP contribution in [0.25, 0.3) is 6.08 Å². The van der Waals surface area contributed by atoms with E-state index in [1.54, 1.807) is 0 Å². The largest absolute Gasteiger partial charge is 0.351 e. The standard InChI is InChI=1S/C27H18FN3O/c28-21-13-10-20(11-14-21)26(32)25-24(19-7-2-1-3-8-19)27(16-29,17-30)23-15-12-18-6-4-5-9-22(18)31(23)25/h1-15,23-25H/t23-,24-,25+/m1/s1. The summed E-state index contributed by atoms with van der Waals surface area (Å²) in [6.07, 6.45) is 3.76. The summed E-state index contributed by atoms with van der Waals surface area (Å²) in [5.74, 6) is -1.38. The Hall–Kier alpha value is -4.22. The van der Waals surface area contributed by atoms with E-state index in [4.69, 9.17) is 0 Å². The summed E-state index contributed by atoms with van der Waals surface area (Å²) in [6.45, 7) is 0. The quantitative estimate of drug-likeness (QED) is 0.553. The molecule has 154 valence electrons. The van der Waals surface area contributed by atoms with E-state index in [1.165, 1.54) is 24.3 Å². The Balaban J connectivity index is 1.78. The van der Waals surface area contributed by atoms with Gasteiger partial charge < -0.3 is 4.90 Å². The van der Waals surface area contributed by atoms with Crippen molar-refractivity contribution in [2.45, 2.75) is 18.0 Å². The van der Waals surface area contributed by atoms with Crippen LogP contribution in [0.2, 0.25) is 0 Å². The van der Waals surface area contributed by atoms with Crippen molar-refractivity contribution >= 4 is 17.5 Å². The maximum atomic E-state index is 13.9. The third kappa shape index (κ3) is 2.76. The average Bonchev–Trinajstić information content (AvgIpc) is 3.15. The number of ketones is 1. The molecule has 5 rings (SSSR count). The summed E-state index contributed by atoms with van der Waals surface area (Å²) in [4.78, 5) is 15.8. The molecule has 0 saturated carbocycles. The van der Waals surface area contributed by atoms with Crippen molar-refractivity contribution < 1.29 is 9.18 Å². The molecule has 0 aliphatic carbocycles. The molecule has 3 aromatic rings. The van der Waals surface area contributed by atoms with Gasteiger partial charge in [-0.05, 0) is 41.5 Å². The average molecular weight is 419 g/mol. The predicted molar refractivity (Wildman–Crippen MR) is 119 cm³/mol. The number of hydrogen-bond acceptors (Lipinski definition) is 4. The fourth-order valence-electron chi connectivity index (χ4n) is 5.05. The number of rotatable bonds is 3. The van der Waals surface area contributed by atoms with Crippen molar-refractivity contribution in [3.05, 3.63) is 107 Å². The first kappa shape index (κ1) is 19.7. The molecule has 0 unspecified atom stereocenters. The number of para-hydroxylation sites is 1. The van der Waals surface area contributed by atoms with Gasteiger partial charge in [0, 0.05) is 17.2 Å². The summed E-state index contributed by atoms with van der Waals surface area (Å²) in [5, 5.41) is 20.7. The Morgan fingerprint density at radius 1 is 0.906 bits per heavy atom. The van der Waals surface area contributed by atoms with Crippen LogP contribution in [0.15, 0.2) is 84.9 Å². The van der Waals surface area contributed by atoms with E-state index in [2.05, 4.69) is 12.1 Å². The Bertz CT molecular complexity index is 1290. The van der Waals surface area contributed by atoms with Crippen molar-refractivity contribution in [2.75, 3.05) is 4.90 Å². The van der Waals surface area contributed by atoms with E-state index < -0.39 is 29.2 Å². The van der Waals surface area contributed by atoms with Gasteiger partial charge in [-0.1, -0.05) is 60.7 Å². The van der Waals surface area contributed by atoms with Crippen LogP contribution in [0, 0.1) is 33.9 Å². The van der Waals surface area contributed by atoms with Gasteiger partial charge in [0.15, 0.2) is 11.2 Å². The lowest BCUT2D eigenvalue weighted by Crippen LogP contribution is -2.44. The molecule has 32 heavy (non-hydrogen) atoms. The van der Waals surface area contributed by atoms with E-state index in [9.17, 15) is 19.7 Å².